The molecule has 0 N–H and O–H groups in total. The molecule has 1 heterocycles. The van der Waals surface area contributed by atoms with Crippen LogP contribution in [-0.2, 0) is 5.41 Å². The largest absolute Gasteiger partial charge is 0.228 e. The average Bonchev–Trinajstić information content (AvgIpc) is 3.59. The van der Waals surface area contributed by atoms with E-state index < -0.39 is 218 Å². The van der Waals surface area contributed by atoms with E-state index in [4.69, 9.17) is 23.3 Å². The zero-order valence-electron chi connectivity index (χ0n) is 49.5. The van der Waals surface area contributed by atoms with Crippen molar-refractivity contribution in [2.75, 3.05) is 0 Å². The van der Waals surface area contributed by atoms with Crippen LogP contribution in [0.5, 0.6) is 0 Å². The summed E-state index contributed by atoms with van der Waals surface area (Å²) < 4.78 is 222. The molecule has 0 fully saturated rings. The first-order valence-electron chi connectivity index (χ1n) is 26.7. The van der Waals surface area contributed by atoms with Gasteiger partial charge in [-0.3, -0.25) is 0 Å². The summed E-state index contributed by atoms with van der Waals surface area (Å²) in [7, 11) is 0. The average molecular weight is 626 g/mol. The van der Waals surface area contributed by atoms with Crippen LogP contribution < -0.4 is 0 Å². The molecule has 0 spiro atoms. The van der Waals surface area contributed by atoms with Crippen LogP contribution in [0.1, 0.15) is 59.2 Å². The summed E-state index contributed by atoms with van der Waals surface area (Å²) in [6.45, 7) is 3.05. The van der Waals surface area contributed by atoms with Crippen molar-refractivity contribution in [3.8, 4) is 56.2 Å². The second kappa shape index (κ2) is 10.6. The van der Waals surface area contributed by atoms with Gasteiger partial charge in [-0.2, -0.15) is 0 Å². The van der Waals surface area contributed by atoms with Crippen LogP contribution in [0, 0.1) is 0 Å². The molecule has 1 aliphatic rings. The fraction of sp³-hybridized carbons (Fsp3) is 0.0667. The molecule has 0 unspecified atom stereocenters. The van der Waals surface area contributed by atoms with Gasteiger partial charge >= 0.3 is 0 Å². The minimum Gasteiger partial charge on any atom is -0.228 e. The molecule has 1 aromatic heterocycles. The van der Waals surface area contributed by atoms with E-state index in [0.29, 0.717) is 0 Å². The quantitative estimate of drug-likeness (QED) is 0.194. The van der Waals surface area contributed by atoms with Crippen LogP contribution in [0.4, 0.5) is 0 Å². The van der Waals surface area contributed by atoms with Gasteiger partial charge in [-0.15, -0.1) is 0 Å². The number of aromatic nitrogens is 2. The highest BCUT2D eigenvalue weighted by atomic mass is 14.9. The normalized spacial score (nSPS) is 20.5. The van der Waals surface area contributed by atoms with Crippen molar-refractivity contribution in [1.82, 2.24) is 9.97 Å². The zero-order chi connectivity index (χ0) is 53.3. The Morgan fingerprint density at radius 3 is 1.68 bits per heavy atom. The summed E-state index contributed by atoms with van der Waals surface area (Å²) in [6.07, 6.45) is 0. The topological polar surface area (TPSA) is 25.8 Å². The van der Waals surface area contributed by atoms with Gasteiger partial charge in [0, 0.05) is 22.1 Å². The van der Waals surface area contributed by atoms with Crippen molar-refractivity contribution in [2.45, 2.75) is 19.3 Å². The molecule has 0 amide bonds. The first-order valence-corrected chi connectivity index (χ1v) is 14.2. The van der Waals surface area contributed by atoms with Crippen molar-refractivity contribution in [3.05, 3.63) is 168 Å². The van der Waals surface area contributed by atoms with Crippen LogP contribution >= 0.6 is 0 Å². The summed E-state index contributed by atoms with van der Waals surface area (Å²) >= 11 is 0. The van der Waals surface area contributed by atoms with Crippen molar-refractivity contribution in [1.29, 1.82) is 0 Å². The van der Waals surface area contributed by atoms with Crippen molar-refractivity contribution in [3.63, 3.8) is 0 Å². The van der Waals surface area contributed by atoms with Gasteiger partial charge in [-0.25, -0.2) is 9.97 Å². The molecule has 9 rings (SSSR count). The fourth-order valence-corrected chi connectivity index (χ4v) is 5.83. The number of nitrogens with zero attached hydrogens (tertiary/aromatic N) is 2. The Bertz CT molecular complexity index is 3760. The summed E-state index contributed by atoms with van der Waals surface area (Å²) in [5, 5.41) is -1.98. The Balaban J connectivity index is 1.51. The lowest BCUT2D eigenvalue weighted by Gasteiger charge is -2.22. The SMILES string of the molecule is [2H]c1c([2H])c([2H])c(-c2cc(-c3c([2H])c([2H])c([2H])c([2H])c3[2H])nc(-c3c([2H])c([2H])c(-c4c([2H])c([2H])c([2H])c5c4-c4c(c([2H])c6c([2H])c([2H])c([2H])c([2H])c6c4[2H])C5(C)C)c4c([2H])c([2H])c([2H])c([2H])c34)n2)c([2H])c1[2H]. The highest BCUT2D eigenvalue weighted by Gasteiger charge is 2.37. The van der Waals surface area contributed by atoms with Gasteiger partial charge in [-0.05, 0) is 79.1 Å². The summed E-state index contributed by atoms with van der Waals surface area (Å²) in [4.78, 5) is 8.95. The first kappa shape index (κ1) is 12.1. The van der Waals surface area contributed by atoms with Crippen LogP contribution in [-0.4, -0.2) is 9.97 Å². The van der Waals surface area contributed by atoms with Gasteiger partial charge in [0.1, 0.15) is 0 Å². The number of fused-ring (bicyclic) bond motifs is 5. The van der Waals surface area contributed by atoms with Crippen molar-refractivity contribution < 1.29 is 34.3 Å². The molecule has 7 aromatic carbocycles. The molecule has 222 valence electrons. The van der Waals surface area contributed by atoms with E-state index >= 15 is 0 Å². The third-order valence-corrected chi connectivity index (χ3v) is 8.02. The van der Waals surface area contributed by atoms with E-state index in [0.717, 1.165) is 6.07 Å². The fourth-order valence-electron chi connectivity index (χ4n) is 5.83. The number of hydrogen-bond acceptors (Lipinski definition) is 2. The van der Waals surface area contributed by atoms with Crippen LogP contribution in [0.25, 0.3) is 77.7 Å². The number of hydrogen-bond donors (Lipinski definition) is 0. The molecule has 0 atom stereocenters. The van der Waals surface area contributed by atoms with Gasteiger partial charge in [0.05, 0.1) is 45.7 Å². The van der Waals surface area contributed by atoms with E-state index in [1.54, 1.807) is 0 Å². The summed E-state index contributed by atoms with van der Waals surface area (Å²) in [5.74, 6) is -0.764. The second-order valence-electron chi connectivity index (χ2n) is 11.1. The minimum atomic E-state index is -1.56. The molecular weight excluding hydrogens is 569 g/mol. The predicted octanol–water partition coefficient (Wildman–Crippen LogP) is 11.8. The second-order valence-corrected chi connectivity index (χ2v) is 11.1. The first-order chi connectivity index (χ1) is 33.5. The molecule has 8 aromatic rings. The maximum atomic E-state index is 9.80. The Morgan fingerprint density at radius 1 is 0.468 bits per heavy atom. The molecule has 0 aliphatic heterocycles. The van der Waals surface area contributed by atoms with Crippen LogP contribution in [0.3, 0.4) is 0 Å². The highest BCUT2D eigenvalue weighted by Crippen LogP contribution is 2.54. The Labute approximate surface area is 310 Å². The van der Waals surface area contributed by atoms with Crippen molar-refractivity contribution >= 4 is 21.5 Å². The minimum absolute atomic E-state index is 0.0572. The smallest absolute Gasteiger partial charge is 0.161 e. The van der Waals surface area contributed by atoms with Crippen molar-refractivity contribution in [2.24, 2.45) is 0 Å². The maximum absolute atomic E-state index is 9.80. The molecular formula is C45H32N2. The van der Waals surface area contributed by atoms with Gasteiger partial charge in [0.25, 0.3) is 0 Å². The van der Waals surface area contributed by atoms with Gasteiger partial charge in [0.15, 0.2) is 5.82 Å². The molecule has 2 nitrogen and oxygen atoms in total. The molecule has 1 aliphatic carbocycles. The monoisotopic (exact) mass is 625 g/mol. The molecule has 0 saturated carbocycles. The van der Waals surface area contributed by atoms with Crippen LogP contribution in [0.15, 0.2) is 157 Å². The maximum Gasteiger partial charge on any atom is 0.161 e. The predicted molar refractivity (Wildman–Crippen MR) is 196 cm³/mol. The third kappa shape index (κ3) is 4.40. The zero-order valence-corrected chi connectivity index (χ0v) is 24.5. The lowest BCUT2D eigenvalue weighted by Crippen LogP contribution is -2.14. The van der Waals surface area contributed by atoms with Gasteiger partial charge in [0.2, 0.25) is 0 Å². The Hall–Kier alpha value is -5.86. The molecule has 0 radical (unpaired) electrons. The third-order valence-electron chi connectivity index (χ3n) is 8.02. The lowest BCUT2D eigenvalue weighted by molar-refractivity contribution is 0.661. The molecule has 47 heavy (non-hydrogen) atoms. The van der Waals surface area contributed by atoms with E-state index in [1.165, 1.54) is 13.8 Å². The van der Waals surface area contributed by atoms with Crippen LogP contribution in [0.2, 0.25) is 0 Å². The van der Waals surface area contributed by atoms with Gasteiger partial charge < -0.3 is 0 Å². The lowest BCUT2D eigenvalue weighted by atomic mass is 9.81. The highest BCUT2D eigenvalue weighted by molar-refractivity contribution is 6.08. The van der Waals surface area contributed by atoms with E-state index in [9.17, 15) is 11.0 Å². The number of benzene rings is 7. The van der Waals surface area contributed by atoms with Gasteiger partial charge in [-0.1, -0.05) is 147 Å². The number of rotatable bonds is 4. The summed E-state index contributed by atoms with van der Waals surface area (Å²) in [6, 6.07) is -18.7. The summed E-state index contributed by atoms with van der Waals surface area (Å²) in [5.41, 5.74) is -6.31. The van der Waals surface area contributed by atoms with E-state index in [2.05, 4.69) is 9.97 Å². The van der Waals surface area contributed by atoms with E-state index in [-0.39, 0.29) is 27.6 Å². The van der Waals surface area contributed by atoms with E-state index in [1.807, 2.05) is 0 Å². The molecule has 0 bridgehead atoms. The Kier molecular flexibility index (Phi) is 2.72. The molecule has 2 heteroatoms. The Morgan fingerprint density at radius 2 is 1.02 bits per heavy atom. The molecule has 0 saturated heterocycles. The standard InChI is InChI=1S/C45H32N2/c1-45(2)39-23-13-22-36(43(39)38-26-31-18-9-10-19-32(31)27-40(38)45)35-24-25-37(34-21-12-11-20-33(34)35)44-46-41(29-14-5-3-6-15-29)28-42(47-44)30-16-7-4-8-17-30/h3-28H,1-2H3/i3D,4D,5D,6D,7D,8D,9D,10D,11D,12D,13D,14D,15D,16D,17D,18D,19D,20D,21D,22D,23D,24D,25D,26D,27D.